The van der Waals surface area contributed by atoms with Crippen LogP contribution in [0.1, 0.15) is 15.9 Å². The Hall–Kier alpha value is -1.89. The van der Waals surface area contributed by atoms with Crippen molar-refractivity contribution in [2.75, 3.05) is 14.1 Å². The quantitative estimate of drug-likeness (QED) is 0.625. The van der Waals surface area contributed by atoms with Gasteiger partial charge in [-0.05, 0) is 48.9 Å². The highest BCUT2D eigenvalue weighted by Gasteiger charge is 2.21. The van der Waals surface area contributed by atoms with Crippen molar-refractivity contribution in [3.63, 3.8) is 0 Å². The average Bonchev–Trinajstić information content (AvgIpc) is 2.49. The number of hydrogen-bond acceptors (Lipinski definition) is 4. The molecule has 0 bridgehead atoms. The first-order valence-electron chi connectivity index (χ1n) is 6.73. The molecule has 0 aromatic heterocycles. The number of carbonyl (C=O) groups excluding carboxylic acids is 1. The van der Waals surface area contributed by atoms with Gasteiger partial charge >= 0.3 is 5.97 Å². The first-order valence-corrected chi connectivity index (χ1v) is 8.54. The Balaban J connectivity index is 2.35. The minimum absolute atomic E-state index is 0.0381. The molecule has 2 aromatic carbocycles. The van der Waals surface area contributed by atoms with Crippen molar-refractivity contribution in [2.24, 2.45) is 0 Å². The van der Waals surface area contributed by atoms with Gasteiger partial charge in [-0.1, -0.05) is 17.7 Å². The van der Waals surface area contributed by atoms with Gasteiger partial charge in [0.05, 0.1) is 10.5 Å². The summed E-state index contributed by atoms with van der Waals surface area (Å²) in [5.41, 5.74) is 0.824. The van der Waals surface area contributed by atoms with E-state index < -0.39 is 16.0 Å². The van der Waals surface area contributed by atoms with Crippen LogP contribution in [0, 0.1) is 6.92 Å². The van der Waals surface area contributed by atoms with Crippen molar-refractivity contribution < 1.29 is 17.9 Å². The number of benzene rings is 2. The van der Waals surface area contributed by atoms with E-state index in [0.717, 1.165) is 4.31 Å². The van der Waals surface area contributed by atoms with Gasteiger partial charge in [-0.25, -0.2) is 17.5 Å². The highest BCUT2D eigenvalue weighted by Crippen LogP contribution is 2.21. The molecule has 7 heteroatoms. The van der Waals surface area contributed by atoms with Gasteiger partial charge in [0.25, 0.3) is 0 Å². The van der Waals surface area contributed by atoms with E-state index in [2.05, 4.69) is 0 Å². The molecule has 0 N–H and O–H groups in total. The standard InChI is InChI=1S/C16H16ClNO4S/c1-11-4-9-14(23(20,21)18(2)3)10-15(11)16(19)22-13-7-5-12(17)6-8-13/h4-10H,1-3H3. The first kappa shape index (κ1) is 17.5. The number of aryl methyl sites for hydroxylation is 1. The third-order valence-electron chi connectivity index (χ3n) is 3.23. The lowest BCUT2D eigenvalue weighted by atomic mass is 10.1. The topological polar surface area (TPSA) is 63.7 Å². The monoisotopic (exact) mass is 353 g/mol. The zero-order chi connectivity index (χ0) is 17.2. The molecule has 0 radical (unpaired) electrons. The van der Waals surface area contributed by atoms with Crippen LogP contribution in [0.5, 0.6) is 5.75 Å². The van der Waals surface area contributed by atoms with Crippen molar-refractivity contribution >= 4 is 27.6 Å². The fraction of sp³-hybridized carbons (Fsp3) is 0.188. The molecule has 0 aliphatic heterocycles. The third kappa shape index (κ3) is 3.90. The molecule has 2 rings (SSSR count). The number of hydrogen-bond donors (Lipinski definition) is 0. The van der Waals surface area contributed by atoms with E-state index in [0.29, 0.717) is 16.3 Å². The van der Waals surface area contributed by atoms with Crippen molar-refractivity contribution in [1.29, 1.82) is 0 Å². The largest absolute Gasteiger partial charge is 0.423 e. The van der Waals surface area contributed by atoms with Crippen LogP contribution in [-0.4, -0.2) is 32.8 Å². The molecule has 0 amide bonds. The Labute approximate surface area is 140 Å². The molecule has 23 heavy (non-hydrogen) atoms. The number of esters is 1. The van der Waals surface area contributed by atoms with Gasteiger partial charge < -0.3 is 4.74 Å². The lowest BCUT2D eigenvalue weighted by Crippen LogP contribution is -2.23. The van der Waals surface area contributed by atoms with E-state index in [4.69, 9.17) is 16.3 Å². The van der Waals surface area contributed by atoms with Crippen LogP contribution in [0.2, 0.25) is 5.02 Å². The number of carbonyl (C=O) groups is 1. The highest BCUT2D eigenvalue weighted by molar-refractivity contribution is 7.89. The summed E-state index contributed by atoms with van der Waals surface area (Å²) in [6.45, 7) is 1.71. The van der Waals surface area contributed by atoms with Gasteiger partial charge in [0.15, 0.2) is 0 Å². The van der Waals surface area contributed by atoms with E-state index in [1.165, 1.54) is 26.2 Å². The summed E-state index contributed by atoms with van der Waals surface area (Å²) in [7, 11) is -0.757. The maximum Gasteiger partial charge on any atom is 0.343 e. The van der Waals surface area contributed by atoms with Crippen LogP contribution in [-0.2, 0) is 10.0 Å². The van der Waals surface area contributed by atoms with Crippen molar-refractivity contribution in [3.05, 3.63) is 58.6 Å². The van der Waals surface area contributed by atoms with E-state index >= 15 is 0 Å². The van der Waals surface area contributed by atoms with Crippen molar-refractivity contribution in [2.45, 2.75) is 11.8 Å². The second-order valence-corrected chi connectivity index (χ2v) is 7.70. The zero-order valence-corrected chi connectivity index (χ0v) is 14.5. The lowest BCUT2D eigenvalue weighted by molar-refractivity contribution is 0.0733. The first-order chi connectivity index (χ1) is 10.7. The molecular formula is C16H16ClNO4S. The molecular weight excluding hydrogens is 338 g/mol. The lowest BCUT2D eigenvalue weighted by Gasteiger charge is -2.13. The smallest absolute Gasteiger partial charge is 0.343 e. The second kappa shape index (κ2) is 6.70. The number of sulfonamides is 1. The average molecular weight is 354 g/mol. The molecule has 0 fully saturated rings. The summed E-state index contributed by atoms with van der Waals surface area (Å²) in [4.78, 5) is 12.3. The molecule has 0 saturated heterocycles. The molecule has 0 saturated carbocycles. The van der Waals surface area contributed by atoms with Crippen LogP contribution < -0.4 is 4.74 Å². The van der Waals surface area contributed by atoms with Crippen LogP contribution in [0.3, 0.4) is 0 Å². The SMILES string of the molecule is Cc1ccc(S(=O)(=O)N(C)C)cc1C(=O)Oc1ccc(Cl)cc1. The third-order valence-corrected chi connectivity index (χ3v) is 5.29. The molecule has 0 unspecified atom stereocenters. The Kier molecular flexibility index (Phi) is 5.09. The summed E-state index contributed by atoms with van der Waals surface area (Å²) in [6, 6.07) is 10.7. The van der Waals surface area contributed by atoms with Gasteiger partial charge in [-0.15, -0.1) is 0 Å². The van der Waals surface area contributed by atoms with Crippen LogP contribution in [0.15, 0.2) is 47.4 Å². The highest BCUT2D eigenvalue weighted by atomic mass is 35.5. The summed E-state index contributed by atoms with van der Waals surface area (Å²) in [5.74, 6) is -0.291. The fourth-order valence-corrected chi connectivity index (χ4v) is 2.91. The van der Waals surface area contributed by atoms with Crippen LogP contribution >= 0.6 is 11.6 Å². The summed E-state index contributed by atoms with van der Waals surface area (Å²) in [6.07, 6.45) is 0. The molecule has 0 aliphatic carbocycles. The van der Waals surface area contributed by atoms with E-state index in [9.17, 15) is 13.2 Å². The Bertz CT molecular complexity index is 830. The summed E-state index contributed by atoms with van der Waals surface area (Å²) in [5, 5.41) is 0.528. The van der Waals surface area contributed by atoms with E-state index in [1.54, 1.807) is 37.3 Å². The Morgan fingerprint density at radius 3 is 2.26 bits per heavy atom. The Morgan fingerprint density at radius 2 is 1.70 bits per heavy atom. The predicted octanol–water partition coefficient (Wildman–Crippen LogP) is 3.12. The molecule has 0 atom stereocenters. The number of nitrogens with zero attached hydrogens (tertiary/aromatic N) is 1. The van der Waals surface area contributed by atoms with Gasteiger partial charge in [0, 0.05) is 19.1 Å². The van der Waals surface area contributed by atoms with Crippen LogP contribution in [0.4, 0.5) is 0 Å². The van der Waals surface area contributed by atoms with E-state index in [-0.39, 0.29) is 10.5 Å². The summed E-state index contributed by atoms with van der Waals surface area (Å²) < 4.78 is 30.7. The van der Waals surface area contributed by atoms with Crippen molar-refractivity contribution in [3.8, 4) is 5.75 Å². The molecule has 0 spiro atoms. The summed E-state index contributed by atoms with van der Waals surface area (Å²) >= 11 is 5.78. The minimum atomic E-state index is -3.62. The molecule has 2 aromatic rings. The van der Waals surface area contributed by atoms with Crippen molar-refractivity contribution in [1.82, 2.24) is 4.31 Å². The van der Waals surface area contributed by atoms with Gasteiger partial charge in [0.1, 0.15) is 5.75 Å². The van der Waals surface area contributed by atoms with Gasteiger partial charge in [-0.2, -0.15) is 0 Å². The predicted molar refractivity (Wildman–Crippen MR) is 88.5 cm³/mol. The maximum absolute atomic E-state index is 12.3. The second-order valence-electron chi connectivity index (χ2n) is 5.11. The Morgan fingerprint density at radius 1 is 1.09 bits per heavy atom. The minimum Gasteiger partial charge on any atom is -0.423 e. The van der Waals surface area contributed by atoms with Gasteiger partial charge in [0.2, 0.25) is 10.0 Å². The zero-order valence-electron chi connectivity index (χ0n) is 12.9. The maximum atomic E-state index is 12.3. The molecule has 0 aliphatic rings. The molecule has 0 heterocycles. The normalized spacial score (nSPS) is 11.5. The number of ether oxygens (including phenoxy) is 1. The molecule has 5 nitrogen and oxygen atoms in total. The number of rotatable bonds is 4. The fourth-order valence-electron chi connectivity index (χ4n) is 1.86. The van der Waals surface area contributed by atoms with Gasteiger partial charge in [-0.3, -0.25) is 0 Å². The van der Waals surface area contributed by atoms with Crippen LogP contribution in [0.25, 0.3) is 0 Å². The molecule has 122 valence electrons. The number of halogens is 1. The van der Waals surface area contributed by atoms with E-state index in [1.807, 2.05) is 0 Å².